The van der Waals surface area contributed by atoms with Crippen molar-refractivity contribution in [2.45, 2.75) is 78.5 Å². The normalized spacial score (nSPS) is 23.1. The van der Waals surface area contributed by atoms with E-state index in [1.807, 2.05) is 0 Å². The maximum atomic E-state index is 6.72. The van der Waals surface area contributed by atoms with Crippen LogP contribution in [0.3, 0.4) is 0 Å². The molecule has 1 aliphatic heterocycles. The molecule has 152 valence electrons. The molecule has 1 unspecified atom stereocenters. The van der Waals surface area contributed by atoms with E-state index in [1.54, 1.807) is 0 Å². The van der Waals surface area contributed by atoms with Crippen LogP contribution in [0.15, 0.2) is 39.3 Å². The van der Waals surface area contributed by atoms with Gasteiger partial charge in [0.1, 0.15) is 0 Å². The van der Waals surface area contributed by atoms with Gasteiger partial charge in [0, 0.05) is 0 Å². The van der Waals surface area contributed by atoms with E-state index < -0.39 is 21.2 Å². The second-order valence-electron chi connectivity index (χ2n) is 8.88. The molecule has 1 aliphatic carbocycles. The molecule has 0 saturated heterocycles. The van der Waals surface area contributed by atoms with Crippen molar-refractivity contribution in [1.29, 1.82) is 0 Å². The molecular weight excluding hydrogens is 370 g/mol. The van der Waals surface area contributed by atoms with E-state index >= 15 is 0 Å². The van der Waals surface area contributed by atoms with E-state index in [1.165, 1.54) is 9.59 Å². The van der Waals surface area contributed by atoms with Crippen molar-refractivity contribution in [3.8, 4) is 0 Å². The van der Waals surface area contributed by atoms with Crippen molar-refractivity contribution in [1.82, 2.24) is 0 Å². The number of aliphatic imine (C=N–C) groups is 1. The topological polar surface area (TPSA) is 30.8 Å². The second kappa shape index (κ2) is 8.49. The Morgan fingerprint density at radius 3 is 2.11 bits per heavy atom. The molecule has 0 amide bonds. The first-order valence-corrected chi connectivity index (χ1v) is 13.4. The van der Waals surface area contributed by atoms with Gasteiger partial charge in [-0.3, -0.25) is 0 Å². The van der Waals surface area contributed by atoms with E-state index in [-0.39, 0.29) is 10.8 Å². The van der Waals surface area contributed by atoms with Gasteiger partial charge < -0.3 is 0 Å². The maximum absolute atomic E-state index is 6.72. The summed E-state index contributed by atoms with van der Waals surface area (Å²) in [6.07, 6.45) is 14.2. The average molecular weight is 409 g/mol. The Hall–Kier alpha value is -0.476. The van der Waals surface area contributed by atoms with E-state index in [0.717, 1.165) is 19.3 Å². The van der Waals surface area contributed by atoms with Crippen LogP contribution in [0.25, 0.3) is 0 Å². The van der Waals surface area contributed by atoms with Crippen LogP contribution in [-0.4, -0.2) is 22.8 Å². The fourth-order valence-corrected chi connectivity index (χ4v) is 11.2. The molecule has 0 N–H and O–H groups in total. The Morgan fingerprint density at radius 2 is 1.67 bits per heavy atom. The van der Waals surface area contributed by atoms with Gasteiger partial charge in [-0.25, -0.2) is 0 Å². The van der Waals surface area contributed by atoms with Gasteiger partial charge in [0.15, 0.2) is 0 Å². The Kier molecular flexibility index (Phi) is 7.17. The molecule has 0 aromatic heterocycles. The first-order chi connectivity index (χ1) is 12.7. The number of hydrogen-bond donors (Lipinski definition) is 0. The Balaban J connectivity index is 2.77. The molecule has 2 rings (SSSR count). The molecule has 0 bridgehead atoms. The zero-order valence-electron chi connectivity index (χ0n) is 18.7. The molecule has 0 aromatic carbocycles. The van der Waals surface area contributed by atoms with Crippen LogP contribution in [0.5, 0.6) is 0 Å². The van der Waals surface area contributed by atoms with Gasteiger partial charge in [0.2, 0.25) is 0 Å². The summed E-state index contributed by atoms with van der Waals surface area (Å²) in [5, 5.41) is 0. The fourth-order valence-electron chi connectivity index (χ4n) is 4.09. The summed E-state index contributed by atoms with van der Waals surface area (Å²) >= 11 is -3.53. The number of allylic oxidation sites excluding steroid dienone is 5. The Bertz CT molecular complexity index is 651. The van der Waals surface area contributed by atoms with Crippen LogP contribution in [0.1, 0.15) is 74.7 Å². The van der Waals surface area contributed by atoms with E-state index in [9.17, 15) is 0 Å². The quantitative estimate of drug-likeness (QED) is 0.387. The summed E-state index contributed by atoms with van der Waals surface area (Å²) < 4.78 is 14.4. The van der Waals surface area contributed by atoms with Gasteiger partial charge in [0.05, 0.1) is 0 Å². The van der Waals surface area contributed by atoms with Crippen molar-refractivity contribution in [3.63, 3.8) is 0 Å². The fraction of sp³-hybridized carbons (Fsp3) is 0.696. The summed E-state index contributed by atoms with van der Waals surface area (Å²) in [6, 6.07) is 0. The van der Waals surface area contributed by atoms with Crippen LogP contribution in [0.4, 0.5) is 0 Å². The number of hydrogen-bond acceptors (Lipinski definition) is 3. The molecule has 1 heterocycles. The number of rotatable bonds is 10. The second-order valence-corrected chi connectivity index (χ2v) is 13.9. The molecule has 3 nitrogen and oxygen atoms in total. The molecule has 1 atom stereocenters. The molecule has 27 heavy (non-hydrogen) atoms. The van der Waals surface area contributed by atoms with Gasteiger partial charge in [0.25, 0.3) is 0 Å². The molecular formula is C23H39NO2Ti. The molecule has 4 heteroatoms. The van der Waals surface area contributed by atoms with E-state index in [4.69, 9.17) is 11.6 Å². The van der Waals surface area contributed by atoms with Gasteiger partial charge in [-0.05, 0) is 0 Å². The molecule has 0 saturated carbocycles. The summed E-state index contributed by atoms with van der Waals surface area (Å²) in [4.78, 5) is 5.53. The van der Waals surface area contributed by atoms with Crippen molar-refractivity contribution in [2.75, 3.05) is 13.2 Å². The third kappa shape index (κ3) is 3.73. The van der Waals surface area contributed by atoms with Crippen LogP contribution >= 0.6 is 0 Å². The van der Waals surface area contributed by atoms with E-state index in [2.05, 4.69) is 85.8 Å². The van der Waals surface area contributed by atoms with Crippen molar-refractivity contribution in [2.24, 2.45) is 15.8 Å². The van der Waals surface area contributed by atoms with Crippen LogP contribution in [-0.2, 0) is 24.0 Å². The van der Waals surface area contributed by atoms with Gasteiger partial charge in [-0.15, -0.1) is 0 Å². The average Bonchev–Trinajstić information content (AvgIpc) is 3.32. The molecule has 0 fully saturated rings. The molecule has 0 spiro atoms. The Labute approximate surface area is 171 Å². The summed E-state index contributed by atoms with van der Waals surface area (Å²) in [5.74, 6) is 0. The zero-order valence-corrected chi connectivity index (χ0v) is 20.2. The predicted octanol–water partition coefficient (Wildman–Crippen LogP) is 6.47. The third-order valence-corrected chi connectivity index (χ3v) is 13.8. The minimum atomic E-state index is -3.53. The van der Waals surface area contributed by atoms with Crippen molar-refractivity contribution in [3.05, 3.63) is 34.3 Å². The standard InChI is InChI=1S/C14H24N.C5H5.2C2H5O.Ti/c1-7-13(3,4)11-9-10-12(15-11)14(5,6)8-2;1-2-4-5-3-1;2*1-2-3;/h9-10H,7-8H2,1-6H3;1-3H,4H2;2*2H2,1H3;/q;;2*-1;+2. The summed E-state index contributed by atoms with van der Waals surface area (Å²) in [6.45, 7) is 19.3. The first kappa shape index (κ1) is 22.8. The van der Waals surface area contributed by atoms with Crippen LogP contribution in [0.2, 0.25) is 0 Å². The van der Waals surface area contributed by atoms with Crippen LogP contribution in [0, 0.1) is 10.8 Å². The predicted molar refractivity (Wildman–Crippen MR) is 113 cm³/mol. The first-order valence-electron chi connectivity index (χ1n) is 10.6. The molecule has 0 radical (unpaired) electrons. The van der Waals surface area contributed by atoms with Gasteiger partial charge in [-0.2, -0.15) is 0 Å². The summed E-state index contributed by atoms with van der Waals surface area (Å²) in [7, 11) is 0. The minimum absolute atomic E-state index is 0.0524. The van der Waals surface area contributed by atoms with Gasteiger partial charge in [-0.1, -0.05) is 0 Å². The monoisotopic (exact) mass is 409 g/mol. The summed E-state index contributed by atoms with van der Waals surface area (Å²) in [5.41, 5.74) is 1.19. The zero-order chi connectivity index (χ0) is 20.3. The SMILES string of the molecule is CC[O][Ti]([O]CC)([C]1=CC=CC1)[C]1(C(C)(C)CC)C=CC(C(C)(C)CC)=N1. The van der Waals surface area contributed by atoms with Crippen molar-refractivity contribution < 1.29 is 24.0 Å². The van der Waals surface area contributed by atoms with Gasteiger partial charge >= 0.3 is 172 Å². The Morgan fingerprint density at radius 1 is 1.04 bits per heavy atom. The molecule has 2 aliphatic rings. The third-order valence-electron chi connectivity index (χ3n) is 6.66. The molecule has 0 aromatic rings. The van der Waals surface area contributed by atoms with Crippen molar-refractivity contribution >= 4 is 5.71 Å². The van der Waals surface area contributed by atoms with E-state index in [0.29, 0.717) is 13.2 Å². The van der Waals surface area contributed by atoms with Crippen LogP contribution < -0.4 is 0 Å². The number of nitrogens with zero attached hydrogens (tertiary/aromatic N) is 1.